The quantitative estimate of drug-likeness (QED) is 0.762. The van der Waals surface area contributed by atoms with E-state index in [1.807, 2.05) is 36.4 Å². The Morgan fingerprint density at radius 1 is 1.30 bits per heavy atom. The molecule has 120 valence electrons. The number of nitrogens with zero attached hydrogens (tertiary/aromatic N) is 1. The van der Waals surface area contributed by atoms with Crippen molar-refractivity contribution in [3.63, 3.8) is 0 Å². The number of ether oxygens (including phenoxy) is 2. The number of anilines is 1. The molecule has 0 aromatic heterocycles. The van der Waals surface area contributed by atoms with Gasteiger partial charge in [-0.1, -0.05) is 46.3 Å². The fraction of sp³-hybridized carbons (Fsp3) is 0.278. The van der Waals surface area contributed by atoms with E-state index in [1.54, 1.807) is 6.92 Å². The molecule has 5 heteroatoms. The van der Waals surface area contributed by atoms with E-state index in [9.17, 15) is 4.79 Å². The lowest BCUT2D eigenvalue weighted by Gasteiger charge is -2.35. The first-order valence-corrected chi connectivity index (χ1v) is 8.38. The largest absolute Gasteiger partial charge is 0.475 e. The lowest BCUT2D eigenvalue weighted by molar-refractivity contribution is -0.151. The third-order valence-electron chi connectivity index (χ3n) is 3.68. The Kier molecular flexibility index (Phi) is 4.86. The highest BCUT2D eigenvalue weighted by Gasteiger charge is 2.31. The van der Waals surface area contributed by atoms with Crippen LogP contribution >= 0.6 is 15.9 Å². The SMILES string of the molecule is CCOC(=O)C1CN(Cc2ccccc2)c2cc(Br)ccc2O1. The van der Waals surface area contributed by atoms with Gasteiger partial charge in [-0.25, -0.2) is 4.79 Å². The second-order valence-corrected chi connectivity index (χ2v) is 6.25. The van der Waals surface area contributed by atoms with Crippen LogP contribution < -0.4 is 9.64 Å². The van der Waals surface area contributed by atoms with Crippen molar-refractivity contribution in [2.75, 3.05) is 18.1 Å². The normalized spacial score (nSPS) is 16.4. The van der Waals surface area contributed by atoms with Gasteiger partial charge >= 0.3 is 5.97 Å². The number of carbonyl (C=O) groups is 1. The second kappa shape index (κ2) is 7.04. The third kappa shape index (κ3) is 3.67. The van der Waals surface area contributed by atoms with Gasteiger partial charge in [0.2, 0.25) is 6.10 Å². The van der Waals surface area contributed by atoms with Crippen molar-refractivity contribution in [3.8, 4) is 5.75 Å². The van der Waals surface area contributed by atoms with E-state index < -0.39 is 6.10 Å². The molecule has 1 aliphatic rings. The Morgan fingerprint density at radius 3 is 2.83 bits per heavy atom. The molecule has 2 aromatic rings. The molecule has 0 amide bonds. The Bertz CT molecular complexity index is 690. The van der Waals surface area contributed by atoms with Crippen LogP contribution in [0.5, 0.6) is 5.75 Å². The van der Waals surface area contributed by atoms with Crippen molar-refractivity contribution in [2.45, 2.75) is 19.6 Å². The van der Waals surface area contributed by atoms with Gasteiger partial charge in [0.1, 0.15) is 5.75 Å². The minimum atomic E-state index is -0.604. The molecule has 23 heavy (non-hydrogen) atoms. The Labute approximate surface area is 144 Å². The van der Waals surface area contributed by atoms with Crippen LogP contribution in [0.2, 0.25) is 0 Å². The molecule has 0 radical (unpaired) electrons. The summed E-state index contributed by atoms with van der Waals surface area (Å²) in [7, 11) is 0. The summed E-state index contributed by atoms with van der Waals surface area (Å²) in [5.74, 6) is 0.382. The molecule has 1 atom stereocenters. The van der Waals surface area contributed by atoms with Gasteiger partial charge in [0.15, 0.2) is 0 Å². The first-order valence-electron chi connectivity index (χ1n) is 7.59. The van der Waals surface area contributed by atoms with E-state index in [-0.39, 0.29) is 5.97 Å². The van der Waals surface area contributed by atoms with Gasteiger partial charge in [0, 0.05) is 11.0 Å². The predicted octanol–water partition coefficient (Wildman–Crippen LogP) is 3.78. The molecule has 2 aromatic carbocycles. The summed E-state index contributed by atoms with van der Waals surface area (Å²) in [4.78, 5) is 14.2. The minimum Gasteiger partial charge on any atom is -0.475 e. The van der Waals surface area contributed by atoms with Crippen molar-refractivity contribution in [2.24, 2.45) is 0 Å². The van der Waals surface area contributed by atoms with E-state index in [1.165, 1.54) is 5.56 Å². The van der Waals surface area contributed by atoms with Gasteiger partial charge in [-0.05, 0) is 30.7 Å². The Hall–Kier alpha value is -2.01. The molecule has 1 heterocycles. The van der Waals surface area contributed by atoms with Crippen molar-refractivity contribution < 1.29 is 14.3 Å². The summed E-state index contributed by atoms with van der Waals surface area (Å²) in [5, 5.41) is 0. The Balaban J connectivity index is 1.89. The molecule has 0 saturated carbocycles. The van der Waals surface area contributed by atoms with Crippen LogP contribution in [-0.4, -0.2) is 25.2 Å². The zero-order chi connectivity index (χ0) is 16.2. The van der Waals surface area contributed by atoms with E-state index in [0.717, 1.165) is 10.2 Å². The van der Waals surface area contributed by atoms with Crippen LogP contribution in [0.25, 0.3) is 0 Å². The summed E-state index contributed by atoms with van der Waals surface area (Å²) >= 11 is 3.50. The summed E-state index contributed by atoms with van der Waals surface area (Å²) in [6.07, 6.45) is -0.604. The smallest absolute Gasteiger partial charge is 0.349 e. The minimum absolute atomic E-state index is 0.320. The standard InChI is InChI=1S/C18H18BrNO3/c1-2-22-18(21)17-12-20(11-13-6-4-3-5-7-13)15-10-14(19)8-9-16(15)23-17/h3-10,17H,2,11-12H2,1H3. The van der Waals surface area contributed by atoms with E-state index in [0.29, 0.717) is 25.4 Å². The molecule has 0 saturated heterocycles. The number of fused-ring (bicyclic) bond motifs is 1. The van der Waals surface area contributed by atoms with Crippen molar-refractivity contribution in [1.29, 1.82) is 0 Å². The fourth-order valence-electron chi connectivity index (χ4n) is 2.64. The van der Waals surface area contributed by atoms with E-state index >= 15 is 0 Å². The highest BCUT2D eigenvalue weighted by Crippen LogP contribution is 2.36. The molecule has 0 aliphatic carbocycles. The fourth-order valence-corrected chi connectivity index (χ4v) is 2.99. The molecule has 1 unspecified atom stereocenters. The number of benzene rings is 2. The zero-order valence-electron chi connectivity index (χ0n) is 12.9. The maximum atomic E-state index is 12.1. The Morgan fingerprint density at radius 2 is 2.09 bits per heavy atom. The number of esters is 1. The van der Waals surface area contributed by atoms with Crippen molar-refractivity contribution in [3.05, 3.63) is 58.6 Å². The summed E-state index contributed by atoms with van der Waals surface area (Å²) < 4.78 is 11.9. The van der Waals surface area contributed by atoms with Gasteiger partial charge < -0.3 is 14.4 Å². The highest BCUT2D eigenvalue weighted by atomic mass is 79.9. The lowest BCUT2D eigenvalue weighted by Crippen LogP contribution is -2.45. The van der Waals surface area contributed by atoms with Crippen LogP contribution in [0.1, 0.15) is 12.5 Å². The zero-order valence-corrected chi connectivity index (χ0v) is 14.5. The predicted molar refractivity (Wildman–Crippen MR) is 92.7 cm³/mol. The highest BCUT2D eigenvalue weighted by molar-refractivity contribution is 9.10. The molecular formula is C18H18BrNO3. The summed E-state index contributed by atoms with van der Waals surface area (Å²) in [6.45, 7) is 3.33. The number of hydrogen-bond donors (Lipinski definition) is 0. The number of carbonyl (C=O) groups excluding carboxylic acids is 1. The van der Waals surface area contributed by atoms with E-state index in [2.05, 4.69) is 33.0 Å². The number of rotatable bonds is 4. The van der Waals surface area contributed by atoms with Gasteiger partial charge in [-0.2, -0.15) is 0 Å². The van der Waals surface area contributed by atoms with Gasteiger partial charge in [-0.3, -0.25) is 0 Å². The average molecular weight is 376 g/mol. The average Bonchev–Trinajstić information content (AvgIpc) is 2.56. The van der Waals surface area contributed by atoms with Gasteiger partial charge in [0.25, 0.3) is 0 Å². The molecule has 0 bridgehead atoms. The molecule has 4 nitrogen and oxygen atoms in total. The van der Waals surface area contributed by atoms with Crippen LogP contribution in [0.3, 0.4) is 0 Å². The second-order valence-electron chi connectivity index (χ2n) is 5.34. The molecule has 1 aliphatic heterocycles. The van der Waals surface area contributed by atoms with Crippen molar-refractivity contribution >= 4 is 27.6 Å². The van der Waals surface area contributed by atoms with Gasteiger partial charge in [-0.15, -0.1) is 0 Å². The first kappa shape index (κ1) is 15.9. The maximum Gasteiger partial charge on any atom is 0.349 e. The molecule has 0 fully saturated rings. The van der Waals surface area contributed by atoms with Gasteiger partial charge in [0.05, 0.1) is 18.8 Å². The monoisotopic (exact) mass is 375 g/mol. The van der Waals surface area contributed by atoms with Crippen molar-refractivity contribution in [1.82, 2.24) is 0 Å². The van der Waals surface area contributed by atoms with Crippen LogP contribution in [-0.2, 0) is 16.1 Å². The number of hydrogen-bond acceptors (Lipinski definition) is 4. The van der Waals surface area contributed by atoms with Crippen LogP contribution in [0, 0.1) is 0 Å². The molecule has 3 rings (SSSR count). The maximum absolute atomic E-state index is 12.1. The van der Waals surface area contributed by atoms with Crippen LogP contribution in [0.4, 0.5) is 5.69 Å². The third-order valence-corrected chi connectivity index (χ3v) is 4.18. The lowest BCUT2D eigenvalue weighted by atomic mass is 10.1. The summed E-state index contributed by atoms with van der Waals surface area (Å²) in [5.41, 5.74) is 2.16. The van der Waals surface area contributed by atoms with Crippen LogP contribution in [0.15, 0.2) is 53.0 Å². The number of halogens is 1. The van der Waals surface area contributed by atoms with E-state index in [4.69, 9.17) is 9.47 Å². The molecule has 0 spiro atoms. The molecular weight excluding hydrogens is 358 g/mol. The topological polar surface area (TPSA) is 38.8 Å². The summed E-state index contributed by atoms with van der Waals surface area (Å²) in [6, 6.07) is 16.0. The molecule has 0 N–H and O–H groups in total. The first-order chi connectivity index (χ1) is 11.2.